The van der Waals surface area contributed by atoms with Crippen molar-refractivity contribution in [2.45, 2.75) is 19.3 Å². The molecule has 0 unspecified atom stereocenters. The molecule has 9 aromatic carbocycles. The van der Waals surface area contributed by atoms with Gasteiger partial charge in [-0.2, -0.15) is 0 Å². The Kier molecular flexibility index (Phi) is 7.24. The van der Waals surface area contributed by atoms with Gasteiger partial charge in [-0.3, -0.25) is 0 Å². The molecule has 2 aliphatic heterocycles. The van der Waals surface area contributed by atoms with E-state index in [1.54, 1.807) is 0 Å². The summed E-state index contributed by atoms with van der Waals surface area (Å²) < 4.78 is 13.4. The van der Waals surface area contributed by atoms with Gasteiger partial charge in [0.2, 0.25) is 0 Å². The van der Waals surface area contributed by atoms with Crippen molar-refractivity contribution in [1.29, 1.82) is 0 Å². The number of rotatable bonds is 4. The van der Waals surface area contributed by atoms with E-state index in [0.29, 0.717) is 0 Å². The van der Waals surface area contributed by atoms with Crippen molar-refractivity contribution in [3.63, 3.8) is 0 Å². The third-order valence-corrected chi connectivity index (χ3v) is 12.5. The summed E-state index contributed by atoms with van der Waals surface area (Å²) in [7, 11) is 0. The minimum Gasteiger partial charge on any atom is -0.453 e. The highest BCUT2D eigenvalue weighted by Crippen LogP contribution is 2.61. The first-order valence-electron chi connectivity index (χ1n) is 20.3. The Bertz CT molecular complexity index is 3060. The van der Waals surface area contributed by atoms with Crippen LogP contribution in [-0.2, 0) is 5.41 Å². The summed E-state index contributed by atoms with van der Waals surface area (Å²) in [6, 6.07) is 70.1. The summed E-state index contributed by atoms with van der Waals surface area (Å²) in [6.45, 7) is 4.32. The molecule has 0 fully saturated rings. The first kappa shape index (κ1) is 33.6. The van der Waals surface area contributed by atoms with Gasteiger partial charge < -0.3 is 19.3 Å². The number of ether oxygens (including phenoxy) is 2. The molecule has 4 heteroatoms. The molecular weight excluding hydrogens is 721 g/mol. The number of para-hydroxylation sites is 6. The Hall–Kier alpha value is -7.56. The Morgan fingerprint density at radius 1 is 0.339 bits per heavy atom. The fourth-order valence-electron chi connectivity index (χ4n) is 9.81. The highest BCUT2D eigenvalue weighted by atomic mass is 16.5. The van der Waals surface area contributed by atoms with E-state index in [0.717, 1.165) is 67.9 Å². The molecule has 12 rings (SSSR count). The predicted molar refractivity (Wildman–Crippen MR) is 240 cm³/mol. The lowest BCUT2D eigenvalue weighted by Gasteiger charge is -2.37. The zero-order chi connectivity index (χ0) is 39.2. The van der Waals surface area contributed by atoms with Crippen LogP contribution in [-0.4, -0.2) is 0 Å². The minimum atomic E-state index is -0.561. The molecule has 0 bridgehead atoms. The molecule has 0 radical (unpaired) electrons. The van der Waals surface area contributed by atoms with E-state index in [9.17, 15) is 0 Å². The van der Waals surface area contributed by atoms with Gasteiger partial charge in [-0.25, -0.2) is 0 Å². The van der Waals surface area contributed by atoms with Crippen LogP contribution in [0.25, 0.3) is 21.9 Å². The topological polar surface area (TPSA) is 24.9 Å². The zero-order valence-corrected chi connectivity index (χ0v) is 32.7. The van der Waals surface area contributed by atoms with E-state index in [1.165, 1.54) is 44.5 Å². The van der Waals surface area contributed by atoms with Crippen LogP contribution >= 0.6 is 0 Å². The van der Waals surface area contributed by atoms with Gasteiger partial charge in [-0.05, 0) is 108 Å². The van der Waals surface area contributed by atoms with Crippen molar-refractivity contribution in [1.82, 2.24) is 0 Å². The van der Waals surface area contributed by atoms with Crippen molar-refractivity contribution in [3.05, 3.63) is 228 Å². The van der Waals surface area contributed by atoms with Crippen LogP contribution in [0.4, 0.5) is 34.1 Å². The normalized spacial score (nSPS) is 13.9. The van der Waals surface area contributed by atoms with Gasteiger partial charge in [0.25, 0.3) is 0 Å². The van der Waals surface area contributed by atoms with E-state index in [2.05, 4.69) is 194 Å². The molecule has 0 N–H and O–H groups in total. The highest BCUT2D eigenvalue weighted by molar-refractivity contribution is 6.09. The number of fused-ring (bicyclic) bond motifs is 8. The maximum absolute atomic E-state index is 6.93. The summed E-state index contributed by atoms with van der Waals surface area (Å²) in [5, 5.41) is 2.26. The van der Waals surface area contributed by atoms with Crippen LogP contribution in [0.3, 0.4) is 0 Å². The van der Waals surface area contributed by atoms with Crippen LogP contribution in [0.1, 0.15) is 33.4 Å². The summed E-state index contributed by atoms with van der Waals surface area (Å²) >= 11 is 0. The molecule has 4 nitrogen and oxygen atoms in total. The largest absolute Gasteiger partial charge is 0.453 e. The van der Waals surface area contributed by atoms with Crippen molar-refractivity contribution in [2.24, 2.45) is 0 Å². The fourth-order valence-corrected chi connectivity index (χ4v) is 9.81. The summed E-state index contributed by atoms with van der Waals surface area (Å²) in [6.07, 6.45) is 0. The molecule has 9 aromatic rings. The number of hydrogen-bond acceptors (Lipinski definition) is 4. The second kappa shape index (κ2) is 12.7. The first-order chi connectivity index (χ1) is 29.1. The third-order valence-electron chi connectivity index (χ3n) is 12.5. The maximum atomic E-state index is 6.93. The standard InChI is InChI=1S/C55H38N2O2/c1-35-25-29-37(30-26-35)55(38-31-27-36(2)28-32-38)43-16-4-3-13-39(43)42-33-54-50(34-44(42)55)57(49-19-7-10-24-53(49)59-54)46-21-12-14-40-41(46)15-11-20-45(40)56-47-17-5-8-22-51(47)58-52-23-9-6-18-48(52)56/h3-34H,1-2H3. The van der Waals surface area contributed by atoms with Crippen molar-refractivity contribution < 1.29 is 9.47 Å². The molecule has 0 amide bonds. The van der Waals surface area contributed by atoms with Crippen LogP contribution in [0.2, 0.25) is 0 Å². The monoisotopic (exact) mass is 758 g/mol. The van der Waals surface area contributed by atoms with E-state index in [-0.39, 0.29) is 0 Å². The van der Waals surface area contributed by atoms with Gasteiger partial charge >= 0.3 is 0 Å². The number of benzene rings is 9. The quantitative estimate of drug-likeness (QED) is 0.178. The molecule has 280 valence electrons. The highest BCUT2D eigenvalue weighted by Gasteiger charge is 2.47. The van der Waals surface area contributed by atoms with Crippen LogP contribution in [0.5, 0.6) is 23.0 Å². The minimum absolute atomic E-state index is 0.561. The molecule has 59 heavy (non-hydrogen) atoms. The molecule has 0 aromatic heterocycles. The van der Waals surface area contributed by atoms with Crippen LogP contribution in [0, 0.1) is 13.8 Å². The zero-order valence-electron chi connectivity index (χ0n) is 32.7. The van der Waals surface area contributed by atoms with Gasteiger partial charge in [0.1, 0.15) is 0 Å². The number of nitrogens with zero attached hydrogens (tertiary/aromatic N) is 2. The van der Waals surface area contributed by atoms with Gasteiger partial charge in [0, 0.05) is 10.8 Å². The summed E-state index contributed by atoms with van der Waals surface area (Å²) in [5.41, 5.74) is 15.5. The number of anilines is 6. The lowest BCUT2D eigenvalue weighted by atomic mass is 9.67. The lowest BCUT2D eigenvalue weighted by Crippen LogP contribution is -2.29. The average Bonchev–Trinajstić information content (AvgIpc) is 3.56. The van der Waals surface area contributed by atoms with Crippen molar-refractivity contribution in [3.8, 4) is 34.1 Å². The Morgan fingerprint density at radius 3 is 1.32 bits per heavy atom. The molecule has 1 aliphatic carbocycles. The molecule has 3 aliphatic rings. The summed E-state index contributed by atoms with van der Waals surface area (Å²) in [4.78, 5) is 4.75. The van der Waals surface area contributed by atoms with E-state index < -0.39 is 5.41 Å². The number of aryl methyl sites for hydroxylation is 2. The van der Waals surface area contributed by atoms with Crippen molar-refractivity contribution >= 4 is 44.9 Å². The van der Waals surface area contributed by atoms with Gasteiger partial charge in [0.15, 0.2) is 23.0 Å². The third kappa shape index (κ3) is 4.84. The van der Waals surface area contributed by atoms with E-state index >= 15 is 0 Å². The molecule has 0 atom stereocenters. The number of hydrogen-bond donors (Lipinski definition) is 0. The van der Waals surface area contributed by atoms with Gasteiger partial charge in [0.05, 0.1) is 39.5 Å². The van der Waals surface area contributed by atoms with E-state index in [4.69, 9.17) is 9.47 Å². The Morgan fingerprint density at radius 2 is 0.780 bits per heavy atom. The van der Waals surface area contributed by atoms with Crippen molar-refractivity contribution in [2.75, 3.05) is 9.80 Å². The molecule has 0 saturated heterocycles. The lowest BCUT2D eigenvalue weighted by molar-refractivity contribution is 0.476. The van der Waals surface area contributed by atoms with E-state index in [1.807, 2.05) is 24.3 Å². The molecule has 0 saturated carbocycles. The van der Waals surface area contributed by atoms with Crippen LogP contribution in [0.15, 0.2) is 194 Å². The maximum Gasteiger partial charge on any atom is 0.152 e. The first-order valence-corrected chi connectivity index (χ1v) is 20.3. The molecule has 2 heterocycles. The smallest absolute Gasteiger partial charge is 0.152 e. The molecular formula is C55H38N2O2. The summed E-state index contributed by atoms with van der Waals surface area (Å²) in [5.74, 6) is 3.30. The second-order valence-electron chi connectivity index (χ2n) is 15.8. The average molecular weight is 759 g/mol. The van der Waals surface area contributed by atoms with Gasteiger partial charge in [-0.1, -0.05) is 145 Å². The second-order valence-corrected chi connectivity index (χ2v) is 15.8. The Balaban J connectivity index is 1.12. The van der Waals surface area contributed by atoms with Gasteiger partial charge in [-0.15, -0.1) is 0 Å². The predicted octanol–water partition coefficient (Wildman–Crippen LogP) is 15.0. The fraction of sp³-hybridized carbons (Fsp3) is 0.0545. The molecule has 0 spiro atoms. The Labute approximate surface area is 343 Å². The SMILES string of the molecule is Cc1ccc(C2(c3ccc(C)cc3)c3ccccc3-c3cc4c(cc32)N(c2cccc3c(N5c6ccccc6Oc6ccccc65)cccc23)c2ccccc2O4)cc1. The van der Waals surface area contributed by atoms with Crippen LogP contribution < -0.4 is 19.3 Å².